The normalized spacial score (nSPS) is 10.3. The molecule has 0 atom stereocenters. The van der Waals surface area contributed by atoms with Crippen molar-refractivity contribution in [3.63, 3.8) is 0 Å². The van der Waals surface area contributed by atoms with Crippen molar-refractivity contribution in [1.82, 2.24) is 24.9 Å². The van der Waals surface area contributed by atoms with Crippen LogP contribution < -0.4 is 18.9 Å². The number of hydrogen-bond donors (Lipinski definition) is 1. The lowest BCUT2D eigenvalue weighted by Gasteiger charge is -2.08. The van der Waals surface area contributed by atoms with E-state index in [1.165, 1.54) is 38.4 Å². The van der Waals surface area contributed by atoms with Gasteiger partial charge in [0.1, 0.15) is 0 Å². The molecule has 5 aromatic rings. The topological polar surface area (TPSA) is 152 Å². The summed E-state index contributed by atoms with van der Waals surface area (Å²) in [6, 6.07) is 17.7. The number of ether oxygens (including phenoxy) is 4. The van der Waals surface area contributed by atoms with Gasteiger partial charge >= 0.3 is 5.97 Å². The van der Waals surface area contributed by atoms with E-state index < -0.39 is 5.97 Å². The van der Waals surface area contributed by atoms with Crippen LogP contribution in [0, 0.1) is 6.92 Å². The first-order valence-corrected chi connectivity index (χ1v) is 14.1. The molecule has 222 valence electrons. The molecule has 5 rings (SSSR count). The quantitative estimate of drug-likeness (QED) is 0.183. The highest BCUT2D eigenvalue weighted by Crippen LogP contribution is 2.37. The monoisotopic (exact) mass is 621 g/mol. The Hall–Kier alpha value is -4.82. The average molecular weight is 622 g/mol. The zero-order chi connectivity index (χ0) is 30.8. The molecule has 1 N–H and O–H groups in total. The second kappa shape index (κ2) is 14.9. The van der Waals surface area contributed by atoms with Gasteiger partial charge in [0, 0.05) is 15.4 Å². The molecule has 0 saturated carbocycles. The van der Waals surface area contributed by atoms with Crippen molar-refractivity contribution < 1.29 is 33.3 Å². The van der Waals surface area contributed by atoms with Gasteiger partial charge in [-0.05, 0) is 48.6 Å². The number of carbonyl (C=O) groups is 1. The third kappa shape index (κ3) is 8.14. The summed E-state index contributed by atoms with van der Waals surface area (Å²) in [7, 11) is 6.09. The zero-order valence-electron chi connectivity index (χ0n) is 23.8. The molecule has 43 heavy (non-hydrogen) atoms. The van der Waals surface area contributed by atoms with Crippen molar-refractivity contribution in [2.45, 2.75) is 27.0 Å². The van der Waals surface area contributed by atoms with Gasteiger partial charge in [0.15, 0.2) is 22.5 Å². The number of hydrogen-bond acceptors (Lipinski definition) is 13. The summed E-state index contributed by atoms with van der Waals surface area (Å²) in [5, 5.41) is 10.0. The molecule has 0 radical (unpaired) electrons. The lowest BCUT2D eigenvalue weighted by Crippen LogP contribution is -2.00. The van der Waals surface area contributed by atoms with E-state index in [1.807, 2.05) is 31.2 Å². The number of benzene rings is 2. The fraction of sp³-hybridized carbons (Fsp3) is 0.172. The molecular formula is C29H27N5O7S2. The lowest BCUT2D eigenvalue weighted by atomic mass is 10.1. The Morgan fingerprint density at radius 3 is 1.65 bits per heavy atom. The van der Waals surface area contributed by atoms with E-state index in [0.29, 0.717) is 38.7 Å². The molecule has 0 bridgehead atoms. The summed E-state index contributed by atoms with van der Waals surface area (Å²) in [5.41, 5.74) is 1.97. The van der Waals surface area contributed by atoms with Gasteiger partial charge in [0.05, 0.1) is 51.8 Å². The van der Waals surface area contributed by atoms with Crippen molar-refractivity contribution in [1.29, 1.82) is 0 Å². The molecule has 3 aromatic heterocycles. The van der Waals surface area contributed by atoms with Crippen molar-refractivity contribution in [2.24, 2.45) is 0 Å². The second-order valence-electron chi connectivity index (χ2n) is 8.24. The Morgan fingerprint density at radius 2 is 1.19 bits per heavy atom. The number of carboxylic acid groups (broad SMARTS) is 1. The van der Waals surface area contributed by atoms with E-state index >= 15 is 0 Å². The van der Waals surface area contributed by atoms with E-state index in [9.17, 15) is 4.79 Å². The van der Waals surface area contributed by atoms with Crippen LogP contribution >= 0.6 is 23.5 Å². The molecule has 0 unspecified atom stereocenters. The van der Waals surface area contributed by atoms with Crippen molar-refractivity contribution >= 4 is 29.5 Å². The minimum atomic E-state index is -0.997. The second-order valence-corrected chi connectivity index (χ2v) is 10.3. The van der Waals surface area contributed by atoms with Crippen LogP contribution in [0.3, 0.4) is 0 Å². The van der Waals surface area contributed by atoms with Gasteiger partial charge in [-0.3, -0.25) is 0 Å². The number of methoxy groups -OCH3 is 4. The molecule has 0 aliphatic heterocycles. The number of carboxylic acids is 1. The van der Waals surface area contributed by atoms with Crippen LogP contribution in [-0.4, -0.2) is 64.4 Å². The maximum Gasteiger partial charge on any atom is 0.336 e. The van der Waals surface area contributed by atoms with Crippen LogP contribution in [0.15, 0.2) is 91.6 Å². The van der Waals surface area contributed by atoms with E-state index in [0.717, 1.165) is 33.7 Å². The number of rotatable bonds is 10. The van der Waals surface area contributed by atoms with Gasteiger partial charge in [0.25, 0.3) is 0 Å². The third-order valence-electron chi connectivity index (χ3n) is 5.55. The van der Waals surface area contributed by atoms with Gasteiger partial charge in [-0.2, -0.15) is 19.9 Å². The molecular weight excluding hydrogens is 594 g/mol. The van der Waals surface area contributed by atoms with Crippen LogP contribution in [-0.2, 0) is 0 Å². The van der Waals surface area contributed by atoms with Gasteiger partial charge in [-0.15, -0.1) is 0 Å². The Morgan fingerprint density at radius 1 is 0.721 bits per heavy atom. The molecule has 0 aliphatic rings. The first-order chi connectivity index (χ1) is 20.8. The van der Waals surface area contributed by atoms with E-state index in [-0.39, 0.29) is 5.56 Å². The number of aromatic carboxylic acids is 1. The number of oxazole rings is 1. The lowest BCUT2D eigenvalue weighted by molar-refractivity contribution is 0.0693. The predicted molar refractivity (Wildman–Crippen MR) is 159 cm³/mol. The molecule has 2 aromatic carbocycles. The zero-order valence-corrected chi connectivity index (χ0v) is 25.4. The standard InChI is InChI=1S/C16H15N3O3S.C13H12N2O4S/c1-10-15(22-9-17-10)11-6-4-5-7-12(11)23-16-18-13(20-2)8-14(19-16)21-3;1-18-10-7-11(19-2)15-13(14-10)20-9-6-4-3-5-8(9)12(16)17/h4-9H,1-3H3;3-7H,1-2H3,(H,16,17). The van der Waals surface area contributed by atoms with Crippen LogP contribution in [0.4, 0.5) is 0 Å². The van der Waals surface area contributed by atoms with Crippen molar-refractivity contribution in [3.8, 4) is 34.8 Å². The van der Waals surface area contributed by atoms with Gasteiger partial charge in [-0.1, -0.05) is 30.3 Å². The summed E-state index contributed by atoms with van der Waals surface area (Å²) < 4.78 is 26.0. The summed E-state index contributed by atoms with van der Waals surface area (Å²) in [6.07, 6.45) is 1.44. The molecule has 12 nitrogen and oxygen atoms in total. The number of aryl methyl sites for hydroxylation is 1. The molecule has 14 heteroatoms. The van der Waals surface area contributed by atoms with E-state index in [4.69, 9.17) is 28.5 Å². The summed E-state index contributed by atoms with van der Waals surface area (Å²) in [5.74, 6) is 1.35. The molecule has 0 saturated heterocycles. The fourth-order valence-corrected chi connectivity index (χ4v) is 5.27. The molecule has 3 heterocycles. The van der Waals surface area contributed by atoms with Gasteiger partial charge in [0.2, 0.25) is 23.5 Å². The van der Waals surface area contributed by atoms with Crippen LogP contribution in [0.2, 0.25) is 0 Å². The molecule has 0 amide bonds. The largest absolute Gasteiger partial charge is 0.481 e. The maximum atomic E-state index is 11.2. The number of nitrogens with zero attached hydrogens (tertiary/aromatic N) is 5. The highest BCUT2D eigenvalue weighted by Gasteiger charge is 2.16. The van der Waals surface area contributed by atoms with E-state index in [2.05, 4.69) is 24.9 Å². The highest BCUT2D eigenvalue weighted by molar-refractivity contribution is 7.99. The van der Waals surface area contributed by atoms with Crippen molar-refractivity contribution in [2.75, 3.05) is 28.4 Å². The highest BCUT2D eigenvalue weighted by atomic mass is 32.2. The summed E-state index contributed by atoms with van der Waals surface area (Å²) in [6.45, 7) is 1.91. The molecule has 0 aliphatic carbocycles. The Balaban J connectivity index is 0.000000199. The maximum absolute atomic E-state index is 11.2. The summed E-state index contributed by atoms with van der Waals surface area (Å²) in [4.78, 5) is 33.8. The smallest absolute Gasteiger partial charge is 0.336 e. The predicted octanol–water partition coefficient (Wildman–Crippen LogP) is 5.95. The van der Waals surface area contributed by atoms with Crippen LogP contribution in [0.1, 0.15) is 16.1 Å². The Kier molecular flexibility index (Phi) is 10.8. The van der Waals surface area contributed by atoms with E-state index in [1.54, 1.807) is 44.6 Å². The summed E-state index contributed by atoms with van der Waals surface area (Å²) >= 11 is 2.55. The fourth-order valence-electron chi connectivity index (χ4n) is 3.51. The van der Waals surface area contributed by atoms with Crippen LogP contribution in [0.25, 0.3) is 11.3 Å². The first-order valence-electron chi connectivity index (χ1n) is 12.5. The third-order valence-corrected chi connectivity index (χ3v) is 7.43. The molecule has 0 spiro atoms. The van der Waals surface area contributed by atoms with Gasteiger partial charge in [-0.25, -0.2) is 9.78 Å². The van der Waals surface area contributed by atoms with Crippen LogP contribution in [0.5, 0.6) is 23.5 Å². The Bertz CT molecular complexity index is 1660. The average Bonchev–Trinajstić information content (AvgIpc) is 3.46. The molecule has 0 fully saturated rings. The first kappa shape index (κ1) is 31.1. The minimum absolute atomic E-state index is 0.197. The Labute approximate surface area is 255 Å². The van der Waals surface area contributed by atoms with Gasteiger partial charge < -0.3 is 28.5 Å². The SMILES string of the molecule is COc1cc(OC)nc(Sc2ccccc2-c2ocnc2C)n1.COc1cc(OC)nc(Sc2ccccc2C(=O)O)n1. The number of aromatic nitrogens is 5. The van der Waals surface area contributed by atoms with Crippen molar-refractivity contribution in [3.05, 3.63) is 78.3 Å². The minimum Gasteiger partial charge on any atom is -0.481 e.